The van der Waals surface area contributed by atoms with Gasteiger partial charge in [-0.3, -0.25) is 0 Å². The lowest BCUT2D eigenvalue weighted by molar-refractivity contribution is 1.36. The molecule has 2 aromatic carbocycles. The first-order chi connectivity index (χ1) is 11.1. The number of rotatable bonds is 1. The third kappa shape index (κ3) is 2.14. The maximum Gasteiger partial charge on any atom is 0.0136 e. The second kappa shape index (κ2) is 5.28. The Labute approximate surface area is 139 Å². The minimum absolute atomic E-state index is 0.504. The van der Waals surface area contributed by atoms with Crippen molar-refractivity contribution in [3.63, 3.8) is 0 Å². The monoisotopic (exact) mass is 314 g/mol. The molecule has 1 heteroatoms. The molecule has 114 valence electrons. The van der Waals surface area contributed by atoms with Gasteiger partial charge in [-0.25, -0.2) is 0 Å². The second-order valence-electron chi connectivity index (χ2n) is 6.88. The highest BCUT2D eigenvalue weighted by Crippen LogP contribution is 2.36. The SMILES string of the molecule is CC1=CCC(c2c3c(ccc2=[Si](C)C)=c2ccccc2=C3)=C1C. The van der Waals surface area contributed by atoms with E-state index in [9.17, 15) is 0 Å². The Kier molecular flexibility index (Phi) is 3.35. The molecule has 0 N–H and O–H groups in total. The highest BCUT2D eigenvalue weighted by molar-refractivity contribution is 6.47. The molecular formula is C22H22Si. The van der Waals surface area contributed by atoms with E-state index in [0.717, 1.165) is 6.42 Å². The molecule has 2 aliphatic carbocycles. The lowest BCUT2D eigenvalue weighted by atomic mass is 9.95. The van der Waals surface area contributed by atoms with Crippen LogP contribution in [-0.4, -0.2) is 8.41 Å². The van der Waals surface area contributed by atoms with Crippen molar-refractivity contribution in [2.75, 3.05) is 0 Å². The second-order valence-corrected chi connectivity index (χ2v) is 9.41. The maximum absolute atomic E-state index is 2.41. The van der Waals surface area contributed by atoms with Crippen molar-refractivity contribution in [3.05, 3.63) is 85.2 Å². The summed E-state index contributed by atoms with van der Waals surface area (Å²) in [5.74, 6) is 0. The Hall–Kier alpha value is -1.99. The van der Waals surface area contributed by atoms with Gasteiger partial charge in [0, 0.05) is 8.41 Å². The van der Waals surface area contributed by atoms with Gasteiger partial charge in [0.25, 0.3) is 0 Å². The van der Waals surface area contributed by atoms with Gasteiger partial charge in [0.05, 0.1) is 0 Å². The van der Waals surface area contributed by atoms with Gasteiger partial charge in [0.15, 0.2) is 0 Å². The average Bonchev–Trinajstić information content (AvgIpc) is 3.07. The van der Waals surface area contributed by atoms with Crippen molar-refractivity contribution in [1.29, 1.82) is 0 Å². The summed E-state index contributed by atoms with van der Waals surface area (Å²) in [4.78, 5) is 1.58. The molecule has 0 aromatic heterocycles. The molecule has 0 aliphatic heterocycles. The fourth-order valence-corrected chi connectivity index (χ4v) is 5.06. The average molecular weight is 315 g/mol. The van der Waals surface area contributed by atoms with Crippen molar-refractivity contribution in [2.24, 2.45) is 0 Å². The zero-order chi connectivity index (χ0) is 16.1. The summed E-state index contributed by atoms with van der Waals surface area (Å²) in [7, 11) is -0.504. The number of allylic oxidation sites excluding steroid dienone is 4. The molecule has 0 saturated heterocycles. The van der Waals surface area contributed by atoms with Crippen LogP contribution in [0.25, 0.3) is 11.6 Å². The summed E-state index contributed by atoms with van der Waals surface area (Å²) in [6.07, 6.45) is 5.87. The lowest BCUT2D eigenvalue weighted by Gasteiger charge is -2.12. The van der Waals surface area contributed by atoms with Crippen molar-refractivity contribution < 1.29 is 0 Å². The molecule has 4 rings (SSSR count). The van der Waals surface area contributed by atoms with Gasteiger partial charge < -0.3 is 0 Å². The molecule has 0 fully saturated rings. The fourth-order valence-electron chi connectivity index (χ4n) is 3.86. The Bertz CT molecular complexity index is 1110. The van der Waals surface area contributed by atoms with Crippen molar-refractivity contribution in [2.45, 2.75) is 33.4 Å². The first-order valence-corrected chi connectivity index (χ1v) is 10.9. The zero-order valence-corrected chi connectivity index (χ0v) is 15.3. The molecule has 0 saturated carbocycles. The van der Waals surface area contributed by atoms with Gasteiger partial charge in [0.1, 0.15) is 0 Å². The van der Waals surface area contributed by atoms with E-state index in [2.05, 4.69) is 75.5 Å². The first kappa shape index (κ1) is 14.6. The van der Waals surface area contributed by atoms with Gasteiger partial charge >= 0.3 is 0 Å². The van der Waals surface area contributed by atoms with Gasteiger partial charge in [-0.05, 0) is 69.1 Å². The molecule has 0 atom stereocenters. The van der Waals surface area contributed by atoms with Gasteiger partial charge in [0.2, 0.25) is 0 Å². The zero-order valence-electron chi connectivity index (χ0n) is 14.3. The first-order valence-electron chi connectivity index (χ1n) is 8.37. The largest absolute Gasteiger partial charge is 0.0769 e. The van der Waals surface area contributed by atoms with Crippen LogP contribution in [0.3, 0.4) is 0 Å². The van der Waals surface area contributed by atoms with E-state index < -0.39 is 8.41 Å². The summed E-state index contributed by atoms with van der Waals surface area (Å²) in [5.41, 5.74) is 7.45. The topological polar surface area (TPSA) is 0 Å². The quantitative estimate of drug-likeness (QED) is 0.565. The van der Waals surface area contributed by atoms with Crippen molar-refractivity contribution in [1.82, 2.24) is 0 Å². The number of fused-ring (bicyclic) bond motifs is 2. The van der Waals surface area contributed by atoms with Crippen LogP contribution in [0.5, 0.6) is 0 Å². The normalized spacial score (nSPS) is 15.2. The molecule has 2 aromatic rings. The molecule has 0 bridgehead atoms. The van der Waals surface area contributed by atoms with Gasteiger partial charge in [-0.15, -0.1) is 0 Å². The number of hydrogen-bond acceptors (Lipinski definition) is 0. The highest BCUT2D eigenvalue weighted by Gasteiger charge is 2.18. The van der Waals surface area contributed by atoms with Crippen molar-refractivity contribution in [3.8, 4) is 0 Å². The Morgan fingerprint density at radius 3 is 2.39 bits per heavy atom. The highest BCUT2D eigenvalue weighted by atomic mass is 28.2. The van der Waals surface area contributed by atoms with Gasteiger partial charge in [-0.2, -0.15) is 0 Å². The van der Waals surface area contributed by atoms with E-state index in [1.807, 2.05) is 0 Å². The molecule has 0 amide bonds. The molecule has 0 unspecified atom stereocenters. The predicted octanol–water partition coefficient (Wildman–Crippen LogP) is 4.83. The summed E-state index contributed by atoms with van der Waals surface area (Å²) in [5, 5.41) is 4.16. The summed E-state index contributed by atoms with van der Waals surface area (Å²) in [6, 6.07) is 13.5. The van der Waals surface area contributed by atoms with Crippen LogP contribution in [0.2, 0.25) is 13.1 Å². The summed E-state index contributed by atoms with van der Waals surface area (Å²) >= 11 is 0. The summed E-state index contributed by atoms with van der Waals surface area (Å²) in [6.45, 7) is 9.34. The van der Waals surface area contributed by atoms with Crippen LogP contribution in [0.4, 0.5) is 0 Å². The van der Waals surface area contributed by atoms with Gasteiger partial charge in [-0.1, -0.05) is 61.1 Å². The van der Waals surface area contributed by atoms with E-state index >= 15 is 0 Å². The number of hydrogen-bond donors (Lipinski definition) is 0. The van der Waals surface area contributed by atoms with E-state index in [1.54, 1.807) is 10.4 Å². The van der Waals surface area contributed by atoms with E-state index in [1.165, 1.54) is 37.9 Å². The Balaban J connectivity index is 2.20. The molecule has 0 heterocycles. The fraction of sp³-hybridized carbons (Fsp3) is 0.227. The van der Waals surface area contributed by atoms with Crippen LogP contribution in [-0.2, 0) is 0 Å². The molecule has 0 spiro atoms. The van der Waals surface area contributed by atoms with Crippen LogP contribution >= 0.6 is 0 Å². The molecular weight excluding hydrogens is 292 g/mol. The van der Waals surface area contributed by atoms with E-state index in [-0.39, 0.29) is 0 Å². The standard InChI is InChI=1S/C22H22Si/c1-14-9-10-17(15(14)2)22-20-13-16-7-5-6-8-18(16)19(20)11-12-21(22)23(3)4/h5-9,11-13H,10H2,1-4H3. The van der Waals surface area contributed by atoms with Crippen LogP contribution < -0.4 is 5.22 Å². The van der Waals surface area contributed by atoms with E-state index in [4.69, 9.17) is 0 Å². The summed E-state index contributed by atoms with van der Waals surface area (Å²) < 4.78 is 0. The molecule has 0 nitrogen and oxygen atoms in total. The Morgan fingerprint density at radius 1 is 0.913 bits per heavy atom. The van der Waals surface area contributed by atoms with Crippen LogP contribution in [0, 0.1) is 15.3 Å². The Morgan fingerprint density at radius 2 is 1.70 bits per heavy atom. The third-order valence-electron chi connectivity index (χ3n) is 5.29. The van der Waals surface area contributed by atoms with Crippen LogP contribution in [0.15, 0.2) is 53.6 Å². The van der Waals surface area contributed by atoms with E-state index in [0.29, 0.717) is 0 Å². The smallest absolute Gasteiger partial charge is 0.0136 e. The maximum atomic E-state index is 2.41. The number of benzene rings is 2. The lowest BCUT2D eigenvalue weighted by Crippen LogP contribution is -1.99. The molecule has 23 heavy (non-hydrogen) atoms. The minimum atomic E-state index is -0.504. The van der Waals surface area contributed by atoms with Crippen LogP contribution in [0.1, 0.15) is 31.4 Å². The molecule has 2 aliphatic rings. The van der Waals surface area contributed by atoms with Crippen molar-refractivity contribution >= 4 is 20.1 Å². The minimum Gasteiger partial charge on any atom is -0.0769 e. The third-order valence-corrected chi connectivity index (χ3v) is 6.79. The predicted molar refractivity (Wildman–Crippen MR) is 101 cm³/mol. The molecule has 0 radical (unpaired) electrons.